The monoisotopic (exact) mass is 296 g/mol. The van der Waals surface area contributed by atoms with Gasteiger partial charge in [-0.3, -0.25) is 4.79 Å². The lowest BCUT2D eigenvalue weighted by molar-refractivity contribution is -0.154. The average molecular weight is 296 g/mol. The van der Waals surface area contributed by atoms with Crippen LogP contribution in [0.25, 0.3) is 0 Å². The molecular formula is C18H32O3. The molecule has 2 atom stereocenters. The summed E-state index contributed by atoms with van der Waals surface area (Å²) < 4.78 is 5.25. The number of hydrogen-bond acceptors (Lipinski definition) is 3. The first-order valence-corrected chi connectivity index (χ1v) is 8.76. The Morgan fingerprint density at radius 1 is 1.29 bits per heavy atom. The van der Waals surface area contributed by atoms with Crippen molar-refractivity contribution >= 4 is 5.97 Å². The summed E-state index contributed by atoms with van der Waals surface area (Å²) in [5, 5.41) is 9.89. The molecule has 0 spiro atoms. The lowest BCUT2D eigenvalue weighted by atomic mass is 10.0. The van der Waals surface area contributed by atoms with E-state index in [9.17, 15) is 9.90 Å². The summed E-state index contributed by atoms with van der Waals surface area (Å²) in [7, 11) is 0. The van der Waals surface area contributed by atoms with Crippen molar-refractivity contribution in [3.63, 3.8) is 0 Å². The van der Waals surface area contributed by atoms with Gasteiger partial charge in [0.25, 0.3) is 0 Å². The third kappa shape index (κ3) is 9.67. The number of allylic oxidation sites excluding steroid dienone is 1. The molecule has 1 saturated heterocycles. The van der Waals surface area contributed by atoms with E-state index >= 15 is 0 Å². The van der Waals surface area contributed by atoms with Crippen LogP contribution in [-0.2, 0) is 9.53 Å². The van der Waals surface area contributed by atoms with Crippen LogP contribution < -0.4 is 0 Å². The number of cyclic esters (lactones) is 1. The third-order valence-corrected chi connectivity index (χ3v) is 4.07. The molecule has 3 heteroatoms. The van der Waals surface area contributed by atoms with Gasteiger partial charge in [0.1, 0.15) is 6.10 Å². The number of aliphatic hydroxyl groups is 1. The maximum atomic E-state index is 11.2. The van der Waals surface area contributed by atoms with Gasteiger partial charge in [-0.05, 0) is 38.5 Å². The highest BCUT2D eigenvalue weighted by Crippen LogP contribution is 2.19. The van der Waals surface area contributed by atoms with Crippen molar-refractivity contribution in [1.29, 1.82) is 0 Å². The highest BCUT2D eigenvalue weighted by atomic mass is 16.5. The zero-order chi connectivity index (χ0) is 15.3. The Hall–Kier alpha value is -0.830. The minimum atomic E-state index is -0.397. The number of aliphatic hydroxyl groups excluding tert-OH is 1. The Bertz CT molecular complexity index is 299. The molecule has 1 rings (SSSR count). The summed E-state index contributed by atoms with van der Waals surface area (Å²) in [6, 6.07) is 0. The maximum absolute atomic E-state index is 11.2. The highest BCUT2D eigenvalue weighted by molar-refractivity contribution is 5.70. The largest absolute Gasteiger partial charge is 0.462 e. The third-order valence-electron chi connectivity index (χ3n) is 4.07. The molecule has 1 aliphatic rings. The summed E-state index contributed by atoms with van der Waals surface area (Å²) in [4.78, 5) is 11.2. The van der Waals surface area contributed by atoms with Gasteiger partial charge < -0.3 is 9.84 Å². The van der Waals surface area contributed by atoms with Crippen LogP contribution >= 0.6 is 0 Å². The molecule has 1 heterocycles. The minimum absolute atomic E-state index is 0.0212. The van der Waals surface area contributed by atoms with E-state index in [1.165, 1.54) is 38.5 Å². The molecule has 21 heavy (non-hydrogen) atoms. The molecule has 0 amide bonds. The molecule has 0 bridgehead atoms. The van der Waals surface area contributed by atoms with Crippen molar-refractivity contribution in [2.45, 2.75) is 96.2 Å². The highest BCUT2D eigenvalue weighted by Gasteiger charge is 2.20. The first kappa shape index (κ1) is 18.2. The second-order valence-corrected chi connectivity index (χ2v) is 6.13. The molecule has 0 radical (unpaired) electrons. The van der Waals surface area contributed by atoms with Gasteiger partial charge in [0, 0.05) is 6.42 Å². The van der Waals surface area contributed by atoms with E-state index in [-0.39, 0.29) is 12.1 Å². The molecule has 1 fully saturated rings. The van der Waals surface area contributed by atoms with Gasteiger partial charge in [0.2, 0.25) is 0 Å². The van der Waals surface area contributed by atoms with Crippen molar-refractivity contribution in [3.05, 3.63) is 12.2 Å². The fourth-order valence-corrected chi connectivity index (χ4v) is 2.73. The predicted molar refractivity (Wildman–Crippen MR) is 86.1 cm³/mol. The predicted octanol–water partition coefficient (Wildman–Crippen LogP) is 4.53. The van der Waals surface area contributed by atoms with Crippen molar-refractivity contribution in [3.8, 4) is 0 Å². The molecule has 0 aromatic rings. The van der Waals surface area contributed by atoms with Crippen molar-refractivity contribution < 1.29 is 14.6 Å². The smallest absolute Gasteiger partial charge is 0.306 e. The quantitative estimate of drug-likeness (QED) is 0.346. The Kier molecular flexibility index (Phi) is 10.2. The van der Waals surface area contributed by atoms with Gasteiger partial charge in [-0.25, -0.2) is 0 Å². The van der Waals surface area contributed by atoms with Gasteiger partial charge in [-0.2, -0.15) is 0 Å². The van der Waals surface area contributed by atoms with Crippen molar-refractivity contribution in [1.82, 2.24) is 0 Å². The molecule has 0 aliphatic carbocycles. The summed E-state index contributed by atoms with van der Waals surface area (Å²) in [5.41, 5.74) is 0. The number of unbranched alkanes of at least 4 members (excludes halogenated alkanes) is 6. The normalized spacial score (nSPS) is 20.7. The molecule has 0 aromatic carbocycles. The molecule has 0 aromatic heterocycles. The molecule has 1 N–H and O–H groups in total. The standard InChI is InChI=1S/C18H32O3/c1-2-3-4-5-6-7-8-9-11-16(19)14-15-17-12-10-13-18(20)21-17/h9,11,16-17,19H,2-8,10,12-15H2,1H3/b11-9+/t16-,17-/m0/s1. The Labute approximate surface area is 129 Å². The van der Waals surface area contributed by atoms with Crippen molar-refractivity contribution in [2.75, 3.05) is 0 Å². The van der Waals surface area contributed by atoms with E-state index in [0.717, 1.165) is 25.7 Å². The van der Waals surface area contributed by atoms with Crippen LogP contribution in [0.2, 0.25) is 0 Å². The maximum Gasteiger partial charge on any atom is 0.306 e. The summed E-state index contributed by atoms with van der Waals surface area (Å²) in [5.74, 6) is -0.0839. The lowest BCUT2D eigenvalue weighted by Crippen LogP contribution is -2.24. The second-order valence-electron chi connectivity index (χ2n) is 6.13. The number of carbonyl (C=O) groups excluding carboxylic acids is 1. The van der Waals surface area contributed by atoms with Gasteiger partial charge in [0.15, 0.2) is 0 Å². The first-order chi connectivity index (χ1) is 10.2. The van der Waals surface area contributed by atoms with Crippen LogP contribution in [0.3, 0.4) is 0 Å². The average Bonchev–Trinajstić information content (AvgIpc) is 2.48. The number of carbonyl (C=O) groups is 1. The SMILES string of the molecule is CCCCCCCC/C=C/[C@H](O)CC[C@@H]1CCCC(=O)O1. The lowest BCUT2D eigenvalue weighted by Gasteiger charge is -2.22. The molecular weight excluding hydrogens is 264 g/mol. The van der Waals surface area contributed by atoms with Crippen LogP contribution in [-0.4, -0.2) is 23.3 Å². The van der Waals surface area contributed by atoms with Crippen LogP contribution in [0.5, 0.6) is 0 Å². The summed E-state index contributed by atoms with van der Waals surface area (Å²) in [6.07, 6.45) is 16.4. The van der Waals surface area contributed by atoms with E-state index < -0.39 is 6.10 Å². The number of esters is 1. The number of rotatable bonds is 11. The number of hydrogen-bond donors (Lipinski definition) is 1. The molecule has 3 nitrogen and oxygen atoms in total. The summed E-state index contributed by atoms with van der Waals surface area (Å²) >= 11 is 0. The first-order valence-electron chi connectivity index (χ1n) is 8.76. The van der Waals surface area contributed by atoms with Crippen molar-refractivity contribution in [2.24, 2.45) is 0 Å². The second kappa shape index (κ2) is 11.8. The Morgan fingerprint density at radius 3 is 2.81 bits per heavy atom. The van der Waals surface area contributed by atoms with Gasteiger partial charge in [-0.1, -0.05) is 51.2 Å². The Morgan fingerprint density at radius 2 is 2.05 bits per heavy atom. The fourth-order valence-electron chi connectivity index (χ4n) is 2.73. The molecule has 122 valence electrons. The molecule has 0 saturated carbocycles. The molecule has 0 unspecified atom stereocenters. The van der Waals surface area contributed by atoms with Crippen LogP contribution in [0, 0.1) is 0 Å². The minimum Gasteiger partial charge on any atom is -0.462 e. The van der Waals surface area contributed by atoms with E-state index in [1.54, 1.807) is 0 Å². The summed E-state index contributed by atoms with van der Waals surface area (Å²) in [6.45, 7) is 2.23. The van der Waals surface area contributed by atoms with E-state index in [1.807, 2.05) is 6.08 Å². The topological polar surface area (TPSA) is 46.5 Å². The molecule has 1 aliphatic heterocycles. The van der Waals surface area contributed by atoms with Gasteiger partial charge in [0.05, 0.1) is 6.10 Å². The van der Waals surface area contributed by atoms with Crippen LogP contribution in [0.1, 0.15) is 84.0 Å². The number of ether oxygens (including phenoxy) is 1. The van der Waals surface area contributed by atoms with Crippen LogP contribution in [0.4, 0.5) is 0 Å². The Balaban J connectivity index is 1.98. The van der Waals surface area contributed by atoms with Crippen LogP contribution in [0.15, 0.2) is 12.2 Å². The zero-order valence-corrected chi connectivity index (χ0v) is 13.6. The zero-order valence-electron chi connectivity index (χ0n) is 13.6. The van der Waals surface area contributed by atoms with E-state index in [4.69, 9.17) is 4.74 Å². The van der Waals surface area contributed by atoms with E-state index in [0.29, 0.717) is 12.8 Å². The van der Waals surface area contributed by atoms with E-state index in [2.05, 4.69) is 13.0 Å². The van der Waals surface area contributed by atoms with Gasteiger partial charge >= 0.3 is 5.97 Å². The van der Waals surface area contributed by atoms with Gasteiger partial charge in [-0.15, -0.1) is 0 Å². The fraction of sp³-hybridized carbons (Fsp3) is 0.833.